The first-order valence-corrected chi connectivity index (χ1v) is 7.99. The smallest absolute Gasteiger partial charge is 0.189 e. The second-order valence-electron chi connectivity index (χ2n) is 5.87. The van der Waals surface area contributed by atoms with Gasteiger partial charge in [-0.3, -0.25) is 0 Å². The van der Waals surface area contributed by atoms with E-state index in [1.54, 1.807) is 0 Å². The van der Waals surface area contributed by atoms with Gasteiger partial charge < -0.3 is 20.5 Å². The van der Waals surface area contributed by atoms with Gasteiger partial charge in [0.25, 0.3) is 0 Å². The molecule has 1 heterocycles. The minimum atomic E-state index is 0.139. The van der Waals surface area contributed by atoms with Crippen molar-refractivity contribution >= 4 is 5.96 Å². The first-order chi connectivity index (χ1) is 10.6. The fourth-order valence-corrected chi connectivity index (χ4v) is 2.26. The van der Waals surface area contributed by atoms with E-state index in [-0.39, 0.29) is 6.10 Å². The molecular weight excluding hydrogens is 278 g/mol. The lowest BCUT2D eigenvalue weighted by Crippen LogP contribution is -2.38. The summed E-state index contributed by atoms with van der Waals surface area (Å²) < 4.78 is 11.4. The molecule has 1 aliphatic heterocycles. The summed E-state index contributed by atoms with van der Waals surface area (Å²) in [4.78, 5) is 4.42. The fraction of sp³-hybridized carbons (Fsp3) is 0.588. The molecule has 122 valence electrons. The maximum Gasteiger partial charge on any atom is 0.189 e. The summed E-state index contributed by atoms with van der Waals surface area (Å²) in [5.74, 6) is 1.36. The third kappa shape index (κ3) is 4.91. The highest BCUT2D eigenvalue weighted by atomic mass is 16.5. The molecule has 5 heteroatoms. The van der Waals surface area contributed by atoms with E-state index in [4.69, 9.17) is 15.2 Å². The van der Waals surface area contributed by atoms with E-state index in [1.807, 2.05) is 0 Å². The molecule has 2 atom stereocenters. The standard InChI is InChI=1S/C17H27N3O2/c1-4-13(3)20-17(18)19-10-14-6-5-12(2)9-16(14)22-15-7-8-21-11-15/h5-6,9,13,15H,4,7-8,10-11H2,1-3H3,(H3,18,19,20). The molecule has 0 aromatic heterocycles. The van der Waals surface area contributed by atoms with Crippen molar-refractivity contribution in [1.82, 2.24) is 5.32 Å². The zero-order valence-electron chi connectivity index (χ0n) is 13.8. The van der Waals surface area contributed by atoms with Crippen molar-refractivity contribution in [2.45, 2.75) is 52.3 Å². The monoisotopic (exact) mass is 305 g/mol. The number of nitrogens with two attached hydrogens (primary N) is 1. The number of aliphatic imine (C=N–C) groups is 1. The molecule has 1 saturated heterocycles. The van der Waals surface area contributed by atoms with Crippen LogP contribution in [0.1, 0.15) is 37.8 Å². The number of hydrogen-bond acceptors (Lipinski definition) is 3. The normalized spacial score (nSPS) is 20.0. The molecular formula is C17H27N3O2. The Morgan fingerprint density at radius 3 is 3.05 bits per heavy atom. The maximum absolute atomic E-state index is 6.07. The minimum Gasteiger partial charge on any atom is -0.488 e. The maximum atomic E-state index is 6.07. The lowest BCUT2D eigenvalue weighted by Gasteiger charge is -2.16. The van der Waals surface area contributed by atoms with Gasteiger partial charge in [0.1, 0.15) is 11.9 Å². The number of nitrogens with one attached hydrogen (secondary N) is 1. The molecule has 0 aliphatic carbocycles. The van der Waals surface area contributed by atoms with Crippen molar-refractivity contribution in [2.24, 2.45) is 10.7 Å². The Balaban J connectivity index is 2.04. The van der Waals surface area contributed by atoms with Crippen LogP contribution in [0.25, 0.3) is 0 Å². The van der Waals surface area contributed by atoms with Gasteiger partial charge in [0.15, 0.2) is 5.96 Å². The lowest BCUT2D eigenvalue weighted by atomic mass is 10.1. The number of hydrogen-bond donors (Lipinski definition) is 2. The second kappa shape index (κ2) is 8.03. The van der Waals surface area contributed by atoms with Gasteiger partial charge in [0.2, 0.25) is 0 Å². The van der Waals surface area contributed by atoms with Crippen LogP contribution in [0.4, 0.5) is 0 Å². The number of guanidine groups is 1. The molecule has 5 nitrogen and oxygen atoms in total. The van der Waals surface area contributed by atoms with Crippen molar-refractivity contribution in [1.29, 1.82) is 0 Å². The number of benzene rings is 1. The molecule has 0 saturated carbocycles. The lowest BCUT2D eigenvalue weighted by molar-refractivity contribution is 0.140. The predicted octanol–water partition coefficient (Wildman–Crippen LogP) is 2.37. The number of rotatable bonds is 6. The van der Waals surface area contributed by atoms with Gasteiger partial charge in [-0.25, -0.2) is 4.99 Å². The zero-order valence-corrected chi connectivity index (χ0v) is 13.8. The number of aryl methyl sites for hydroxylation is 1. The van der Waals surface area contributed by atoms with E-state index in [0.717, 1.165) is 30.8 Å². The Bertz CT molecular complexity index is 511. The molecule has 2 unspecified atom stereocenters. The van der Waals surface area contributed by atoms with Gasteiger partial charge in [-0.15, -0.1) is 0 Å². The van der Waals surface area contributed by atoms with Crippen molar-refractivity contribution in [3.05, 3.63) is 29.3 Å². The van der Waals surface area contributed by atoms with E-state index in [1.165, 1.54) is 5.56 Å². The highest BCUT2D eigenvalue weighted by molar-refractivity contribution is 5.78. The summed E-state index contributed by atoms with van der Waals surface area (Å²) in [6, 6.07) is 6.51. The van der Waals surface area contributed by atoms with Crippen LogP contribution < -0.4 is 15.8 Å². The zero-order chi connectivity index (χ0) is 15.9. The average molecular weight is 305 g/mol. The van der Waals surface area contributed by atoms with Crippen LogP contribution in [-0.4, -0.2) is 31.3 Å². The molecule has 1 fully saturated rings. The number of ether oxygens (including phenoxy) is 2. The summed E-state index contributed by atoms with van der Waals surface area (Å²) in [6.07, 6.45) is 2.09. The topological polar surface area (TPSA) is 68.9 Å². The quantitative estimate of drug-likeness (QED) is 0.625. The Kier molecular flexibility index (Phi) is 6.07. The first-order valence-electron chi connectivity index (χ1n) is 7.99. The van der Waals surface area contributed by atoms with Crippen LogP contribution in [0.5, 0.6) is 5.75 Å². The SMILES string of the molecule is CCC(C)NC(N)=NCc1ccc(C)cc1OC1CCOC1. The van der Waals surface area contributed by atoms with Crippen molar-refractivity contribution in [3.63, 3.8) is 0 Å². The van der Waals surface area contributed by atoms with Gasteiger partial charge in [-0.1, -0.05) is 19.1 Å². The Morgan fingerprint density at radius 2 is 2.36 bits per heavy atom. The van der Waals surface area contributed by atoms with Crippen LogP contribution >= 0.6 is 0 Å². The van der Waals surface area contributed by atoms with E-state index < -0.39 is 0 Å². The van der Waals surface area contributed by atoms with E-state index in [0.29, 0.717) is 25.2 Å². The van der Waals surface area contributed by atoms with Gasteiger partial charge in [-0.2, -0.15) is 0 Å². The molecule has 0 amide bonds. The molecule has 1 aromatic carbocycles. The van der Waals surface area contributed by atoms with Crippen LogP contribution in [0, 0.1) is 6.92 Å². The molecule has 22 heavy (non-hydrogen) atoms. The third-order valence-corrected chi connectivity index (χ3v) is 3.83. The third-order valence-electron chi connectivity index (χ3n) is 3.83. The van der Waals surface area contributed by atoms with Crippen molar-refractivity contribution < 1.29 is 9.47 Å². The molecule has 1 aromatic rings. The fourth-order valence-electron chi connectivity index (χ4n) is 2.26. The highest BCUT2D eigenvalue weighted by Crippen LogP contribution is 2.24. The largest absolute Gasteiger partial charge is 0.488 e. The van der Waals surface area contributed by atoms with Crippen LogP contribution in [0.2, 0.25) is 0 Å². The predicted molar refractivity (Wildman–Crippen MR) is 89.2 cm³/mol. The van der Waals surface area contributed by atoms with Gasteiger partial charge >= 0.3 is 0 Å². The molecule has 3 N–H and O–H groups in total. The molecule has 0 radical (unpaired) electrons. The molecule has 0 bridgehead atoms. The van der Waals surface area contributed by atoms with E-state index in [9.17, 15) is 0 Å². The summed E-state index contributed by atoms with van der Waals surface area (Å²) in [7, 11) is 0. The van der Waals surface area contributed by atoms with E-state index >= 15 is 0 Å². The average Bonchev–Trinajstić information content (AvgIpc) is 2.99. The summed E-state index contributed by atoms with van der Waals surface area (Å²) in [6.45, 7) is 8.20. The van der Waals surface area contributed by atoms with Gasteiger partial charge in [0.05, 0.1) is 19.8 Å². The molecule has 1 aliphatic rings. The van der Waals surface area contributed by atoms with Gasteiger partial charge in [0, 0.05) is 18.0 Å². The Hall–Kier alpha value is -1.75. The molecule has 0 spiro atoms. The second-order valence-corrected chi connectivity index (χ2v) is 5.87. The van der Waals surface area contributed by atoms with Crippen LogP contribution in [0.3, 0.4) is 0 Å². The minimum absolute atomic E-state index is 0.139. The summed E-state index contributed by atoms with van der Waals surface area (Å²) >= 11 is 0. The summed E-state index contributed by atoms with van der Waals surface area (Å²) in [5, 5.41) is 3.17. The van der Waals surface area contributed by atoms with Gasteiger partial charge in [-0.05, 0) is 31.9 Å². The Morgan fingerprint density at radius 1 is 1.55 bits per heavy atom. The summed E-state index contributed by atoms with van der Waals surface area (Å²) in [5.41, 5.74) is 8.14. The Labute approximate surface area is 132 Å². The van der Waals surface area contributed by atoms with Crippen molar-refractivity contribution in [2.75, 3.05) is 13.2 Å². The number of nitrogens with zero attached hydrogens (tertiary/aromatic N) is 1. The first kappa shape index (κ1) is 16.6. The van der Waals surface area contributed by atoms with E-state index in [2.05, 4.69) is 49.3 Å². The van der Waals surface area contributed by atoms with Crippen LogP contribution in [0.15, 0.2) is 23.2 Å². The van der Waals surface area contributed by atoms with Crippen molar-refractivity contribution in [3.8, 4) is 5.75 Å². The van der Waals surface area contributed by atoms with Crippen LogP contribution in [-0.2, 0) is 11.3 Å². The highest BCUT2D eigenvalue weighted by Gasteiger charge is 2.18. The molecule has 2 rings (SSSR count).